The zero-order valence-electron chi connectivity index (χ0n) is 17.5. The predicted molar refractivity (Wildman–Crippen MR) is 129 cm³/mol. The third-order valence-electron chi connectivity index (χ3n) is 5.27. The molecule has 1 aliphatic carbocycles. The number of nitrogens with zero attached hydrogens (tertiary/aromatic N) is 1. The van der Waals surface area contributed by atoms with Crippen LogP contribution in [0.4, 0.5) is 10.9 Å². The molecule has 0 spiro atoms. The highest BCUT2D eigenvalue weighted by Gasteiger charge is 2.27. The number of benzene rings is 1. The molecule has 176 valence electrons. The maximum Gasteiger partial charge on any atom is 0.212 e. The number of hydrogen-bond acceptors (Lipinski definition) is 8. The number of rotatable bonds is 9. The number of ketones is 1. The van der Waals surface area contributed by atoms with Crippen LogP contribution < -0.4 is 15.8 Å². The number of nitrogens with two attached hydrogens (primary N) is 1. The van der Waals surface area contributed by atoms with Gasteiger partial charge in [0.2, 0.25) is 15.8 Å². The van der Waals surface area contributed by atoms with Crippen LogP contribution in [-0.4, -0.2) is 48.7 Å². The molecule has 0 aliphatic heterocycles. The van der Waals surface area contributed by atoms with Crippen molar-refractivity contribution < 1.29 is 18.3 Å². The molecule has 0 saturated heterocycles. The Morgan fingerprint density at radius 3 is 2.44 bits per heavy atom. The number of sulfonamides is 1. The number of thiazole rings is 1. The second kappa shape index (κ2) is 10.7. The Bertz CT molecular complexity index is 1050. The molecule has 8 nitrogen and oxygen atoms in total. The Kier molecular flexibility index (Phi) is 8.40. The molecule has 2 aromatic rings. The van der Waals surface area contributed by atoms with Crippen molar-refractivity contribution in [1.82, 2.24) is 9.71 Å². The van der Waals surface area contributed by atoms with Gasteiger partial charge in [0.15, 0.2) is 5.13 Å². The van der Waals surface area contributed by atoms with Gasteiger partial charge >= 0.3 is 0 Å². The molecule has 1 heterocycles. The molecule has 32 heavy (non-hydrogen) atoms. The zero-order chi connectivity index (χ0) is 23.5. The molecule has 1 aliphatic rings. The molecule has 5 N–H and O–H groups in total. The number of aliphatic hydroxyl groups excluding tert-OH is 1. The van der Waals surface area contributed by atoms with E-state index in [0.717, 1.165) is 24.2 Å². The largest absolute Gasteiger partial charge is 0.396 e. The number of halogens is 2. The molecule has 1 saturated carbocycles. The van der Waals surface area contributed by atoms with Crippen molar-refractivity contribution in [1.29, 1.82) is 0 Å². The molecule has 0 radical (unpaired) electrons. The van der Waals surface area contributed by atoms with E-state index in [-0.39, 0.29) is 62.4 Å². The zero-order valence-corrected chi connectivity index (χ0v) is 20.6. The fraction of sp³-hybridized carbons (Fsp3) is 0.500. The van der Waals surface area contributed by atoms with Gasteiger partial charge in [0.25, 0.3) is 0 Å². The lowest BCUT2D eigenvalue weighted by molar-refractivity contribution is 0.104. The van der Waals surface area contributed by atoms with Gasteiger partial charge in [-0.05, 0) is 43.7 Å². The van der Waals surface area contributed by atoms with E-state index < -0.39 is 10.0 Å². The minimum Gasteiger partial charge on any atom is -0.396 e. The molecule has 1 aromatic carbocycles. The Hall–Kier alpha value is -1.43. The highest BCUT2D eigenvalue weighted by Crippen LogP contribution is 2.34. The fourth-order valence-electron chi connectivity index (χ4n) is 3.64. The maximum absolute atomic E-state index is 12.9. The summed E-state index contributed by atoms with van der Waals surface area (Å²) < 4.78 is 27.1. The molecule has 1 fully saturated rings. The van der Waals surface area contributed by atoms with Crippen molar-refractivity contribution in [2.24, 2.45) is 5.92 Å². The van der Waals surface area contributed by atoms with E-state index in [9.17, 15) is 13.2 Å². The first-order chi connectivity index (χ1) is 15.1. The van der Waals surface area contributed by atoms with Gasteiger partial charge in [0.05, 0.1) is 21.4 Å². The summed E-state index contributed by atoms with van der Waals surface area (Å²) >= 11 is 13.4. The third-order valence-corrected chi connectivity index (χ3v) is 8.60. The summed E-state index contributed by atoms with van der Waals surface area (Å²) in [5.74, 6) is -0.665. The van der Waals surface area contributed by atoms with Crippen molar-refractivity contribution in [2.75, 3.05) is 23.4 Å². The van der Waals surface area contributed by atoms with Gasteiger partial charge in [0, 0.05) is 18.7 Å². The van der Waals surface area contributed by atoms with Crippen molar-refractivity contribution in [3.05, 3.63) is 38.7 Å². The Morgan fingerprint density at radius 2 is 1.84 bits per heavy atom. The van der Waals surface area contributed by atoms with Gasteiger partial charge in [0.1, 0.15) is 10.7 Å². The summed E-state index contributed by atoms with van der Waals surface area (Å²) in [6.45, 7) is 1.53. The lowest BCUT2D eigenvalue weighted by atomic mass is 9.92. The van der Waals surface area contributed by atoms with Gasteiger partial charge in [-0.25, -0.2) is 18.1 Å². The third kappa shape index (κ3) is 6.33. The molecule has 12 heteroatoms. The highest BCUT2D eigenvalue weighted by molar-refractivity contribution is 7.89. The Labute approximate surface area is 201 Å². The minimum absolute atomic E-state index is 0.0875. The minimum atomic E-state index is -3.43. The molecule has 0 bridgehead atoms. The van der Waals surface area contributed by atoms with Crippen LogP contribution in [0.5, 0.6) is 0 Å². The maximum atomic E-state index is 12.9. The number of carbonyl (C=O) groups is 1. The standard InChI is InChI=1S/C20H26Cl2N4O4S2/c1-11(9-27)10-32(29,30)26-13-7-5-12(6-8-13)24-20-25-19(23)18(31-20)17(28)16-14(21)3-2-4-15(16)22/h2-4,11-13,26-27H,5-10,23H2,1H3,(H,24,25)/t11?,12-,13-. The van der Waals surface area contributed by atoms with Crippen molar-refractivity contribution in [3.8, 4) is 0 Å². The fourth-order valence-corrected chi connectivity index (χ4v) is 6.82. The van der Waals surface area contributed by atoms with Gasteiger partial charge in [-0.2, -0.15) is 0 Å². The van der Waals surface area contributed by atoms with Crippen LogP contribution >= 0.6 is 34.5 Å². The van der Waals surface area contributed by atoms with E-state index in [0.29, 0.717) is 18.0 Å². The van der Waals surface area contributed by atoms with Crippen molar-refractivity contribution in [2.45, 2.75) is 44.7 Å². The normalized spacial score (nSPS) is 20.1. The summed E-state index contributed by atoms with van der Waals surface area (Å²) in [4.78, 5) is 17.4. The van der Waals surface area contributed by atoms with Crippen molar-refractivity contribution >= 4 is 61.3 Å². The number of hydrogen-bond donors (Lipinski definition) is 4. The van der Waals surface area contributed by atoms with E-state index in [1.54, 1.807) is 25.1 Å². The lowest BCUT2D eigenvalue weighted by Crippen LogP contribution is -2.42. The van der Waals surface area contributed by atoms with Crippen LogP contribution in [0.2, 0.25) is 10.0 Å². The average molecular weight is 521 g/mol. The molecule has 1 atom stereocenters. The quantitative estimate of drug-likeness (QED) is 0.371. The predicted octanol–water partition coefficient (Wildman–Crippen LogP) is 3.53. The van der Waals surface area contributed by atoms with Crippen molar-refractivity contribution in [3.63, 3.8) is 0 Å². The van der Waals surface area contributed by atoms with Gasteiger partial charge in [-0.3, -0.25) is 4.79 Å². The second-order valence-electron chi connectivity index (χ2n) is 8.04. The van der Waals surface area contributed by atoms with Crippen LogP contribution in [0.25, 0.3) is 0 Å². The van der Waals surface area contributed by atoms with E-state index in [1.807, 2.05) is 0 Å². The topological polar surface area (TPSA) is 134 Å². The van der Waals surface area contributed by atoms with Gasteiger partial charge in [-0.15, -0.1) is 0 Å². The first kappa shape index (κ1) is 25.2. The number of aliphatic hydroxyl groups is 1. The highest BCUT2D eigenvalue weighted by atomic mass is 35.5. The molecule has 3 rings (SSSR count). The van der Waals surface area contributed by atoms with Crippen LogP contribution in [0, 0.1) is 5.92 Å². The van der Waals surface area contributed by atoms with Crippen LogP contribution in [0.15, 0.2) is 18.2 Å². The van der Waals surface area contributed by atoms with E-state index >= 15 is 0 Å². The summed E-state index contributed by atoms with van der Waals surface area (Å²) in [6, 6.07) is 4.80. The smallest absolute Gasteiger partial charge is 0.212 e. The number of anilines is 2. The number of carbonyl (C=O) groups excluding carboxylic acids is 1. The Balaban J connectivity index is 1.59. The molecule has 1 unspecified atom stereocenters. The molecule has 0 amide bonds. The monoisotopic (exact) mass is 520 g/mol. The summed E-state index contributed by atoms with van der Waals surface area (Å²) in [5, 5.41) is 13.4. The number of aromatic nitrogens is 1. The average Bonchev–Trinajstić information content (AvgIpc) is 3.08. The summed E-state index contributed by atoms with van der Waals surface area (Å²) in [7, 11) is -3.43. The van der Waals surface area contributed by atoms with Crippen LogP contribution in [0.3, 0.4) is 0 Å². The Morgan fingerprint density at radius 1 is 1.25 bits per heavy atom. The van der Waals surface area contributed by atoms with Gasteiger partial charge in [-0.1, -0.05) is 47.5 Å². The van der Waals surface area contributed by atoms with Crippen LogP contribution in [-0.2, 0) is 10.0 Å². The first-order valence-electron chi connectivity index (χ1n) is 10.2. The van der Waals surface area contributed by atoms with E-state index in [2.05, 4.69) is 15.0 Å². The SMILES string of the molecule is CC(CO)CS(=O)(=O)N[C@H]1CC[C@H](Nc2nc(N)c(C(=O)c3c(Cl)cccc3Cl)s2)CC1. The summed E-state index contributed by atoms with van der Waals surface area (Å²) in [5.41, 5.74) is 6.18. The van der Waals surface area contributed by atoms with E-state index in [1.165, 1.54) is 0 Å². The first-order valence-corrected chi connectivity index (χ1v) is 13.4. The number of nitrogen functional groups attached to an aromatic ring is 1. The van der Waals surface area contributed by atoms with Gasteiger partial charge < -0.3 is 16.2 Å². The number of nitrogens with one attached hydrogen (secondary N) is 2. The molecule has 1 aromatic heterocycles. The molecular weight excluding hydrogens is 495 g/mol. The van der Waals surface area contributed by atoms with Crippen LogP contribution in [0.1, 0.15) is 47.8 Å². The van der Waals surface area contributed by atoms with E-state index in [4.69, 9.17) is 34.0 Å². The lowest BCUT2D eigenvalue weighted by Gasteiger charge is -2.29. The molecular formula is C20H26Cl2N4O4S2. The second-order valence-corrected chi connectivity index (χ2v) is 11.7. The summed E-state index contributed by atoms with van der Waals surface area (Å²) in [6.07, 6.45) is 2.82.